The zero-order valence-electron chi connectivity index (χ0n) is 4.76. The van der Waals surface area contributed by atoms with Gasteiger partial charge in [0.1, 0.15) is 0 Å². The summed E-state index contributed by atoms with van der Waals surface area (Å²) in [7, 11) is 0. The second-order valence-electron chi connectivity index (χ2n) is 1.22. The Hall–Kier alpha value is 0.608. The fourth-order valence-electron chi connectivity index (χ4n) is 0.224. The molecule has 2 nitrogen and oxygen atoms in total. The summed E-state index contributed by atoms with van der Waals surface area (Å²) in [4.78, 5) is 0. The first kappa shape index (κ1) is 10.6. The Bertz CT molecular complexity index is 28.9. The van der Waals surface area contributed by atoms with Gasteiger partial charge in [0, 0.05) is 34.2 Å². The van der Waals surface area contributed by atoms with Gasteiger partial charge in [-0.05, 0) is 0 Å². The maximum atomic E-state index is 5.31. The van der Waals surface area contributed by atoms with E-state index >= 15 is 0 Å². The number of hydrazine groups is 1. The van der Waals surface area contributed by atoms with Crippen molar-refractivity contribution in [3.8, 4) is 0 Å². The number of nitrogens with zero attached hydrogens (tertiary/aromatic N) is 1. The van der Waals surface area contributed by atoms with Crippen molar-refractivity contribution in [3.63, 3.8) is 0 Å². The molecule has 0 saturated heterocycles. The minimum atomic E-state index is 0. The van der Waals surface area contributed by atoms with Crippen molar-refractivity contribution in [2.24, 2.45) is 5.84 Å². The molecular weight excluding hydrogens is 271 g/mol. The summed E-state index contributed by atoms with van der Waals surface area (Å²) in [5.41, 5.74) is 0. The first-order valence-corrected chi connectivity index (χ1v) is 2.30. The SMILES string of the molecule is CCN(N)CC.[Pt]. The summed E-state index contributed by atoms with van der Waals surface area (Å²) in [5.74, 6) is 5.31. The molecule has 0 atom stereocenters. The number of nitrogens with two attached hydrogens (primary N) is 1. The molecule has 2 N–H and O–H groups in total. The maximum absolute atomic E-state index is 5.31. The van der Waals surface area contributed by atoms with Gasteiger partial charge < -0.3 is 0 Å². The minimum absolute atomic E-state index is 0. The molecule has 48 valence electrons. The van der Waals surface area contributed by atoms with E-state index in [1.807, 2.05) is 13.8 Å². The van der Waals surface area contributed by atoms with E-state index < -0.39 is 0 Å². The summed E-state index contributed by atoms with van der Waals surface area (Å²) in [6, 6.07) is 0. The second-order valence-corrected chi connectivity index (χ2v) is 1.22. The third kappa shape index (κ3) is 6.61. The van der Waals surface area contributed by atoms with Crippen molar-refractivity contribution in [2.75, 3.05) is 13.1 Å². The van der Waals surface area contributed by atoms with E-state index in [9.17, 15) is 0 Å². The number of rotatable bonds is 2. The largest absolute Gasteiger partial charge is 0.269 e. The molecule has 0 spiro atoms. The van der Waals surface area contributed by atoms with Crippen molar-refractivity contribution < 1.29 is 21.1 Å². The van der Waals surface area contributed by atoms with Gasteiger partial charge in [0.2, 0.25) is 0 Å². The maximum Gasteiger partial charge on any atom is 0.00996 e. The molecule has 0 radical (unpaired) electrons. The Morgan fingerprint density at radius 1 is 1.29 bits per heavy atom. The van der Waals surface area contributed by atoms with Crippen LogP contribution in [0.4, 0.5) is 0 Å². The van der Waals surface area contributed by atoms with Gasteiger partial charge in [0.15, 0.2) is 0 Å². The summed E-state index contributed by atoms with van der Waals surface area (Å²) in [5, 5.41) is 1.75. The van der Waals surface area contributed by atoms with Crippen molar-refractivity contribution in [1.82, 2.24) is 5.01 Å². The Morgan fingerprint density at radius 2 is 1.57 bits per heavy atom. The molecule has 0 unspecified atom stereocenters. The molecule has 0 fully saturated rings. The topological polar surface area (TPSA) is 29.3 Å². The molecule has 0 bridgehead atoms. The molecule has 0 aromatic carbocycles. The monoisotopic (exact) mass is 283 g/mol. The van der Waals surface area contributed by atoms with Crippen molar-refractivity contribution in [1.29, 1.82) is 0 Å². The van der Waals surface area contributed by atoms with E-state index in [0.29, 0.717) is 0 Å². The van der Waals surface area contributed by atoms with Gasteiger partial charge in [-0.15, -0.1) is 0 Å². The molecule has 0 amide bonds. The van der Waals surface area contributed by atoms with Gasteiger partial charge in [-0.2, -0.15) is 0 Å². The van der Waals surface area contributed by atoms with Crippen molar-refractivity contribution >= 4 is 0 Å². The van der Waals surface area contributed by atoms with Crippen LogP contribution in [0.5, 0.6) is 0 Å². The van der Waals surface area contributed by atoms with Gasteiger partial charge >= 0.3 is 0 Å². The van der Waals surface area contributed by atoms with Gasteiger partial charge in [-0.3, -0.25) is 5.84 Å². The van der Waals surface area contributed by atoms with E-state index in [4.69, 9.17) is 5.84 Å². The third-order valence-corrected chi connectivity index (χ3v) is 0.812. The van der Waals surface area contributed by atoms with Crippen LogP contribution in [0.2, 0.25) is 0 Å². The van der Waals surface area contributed by atoms with Crippen molar-refractivity contribution in [2.45, 2.75) is 13.8 Å². The Kier molecular flexibility index (Phi) is 9.97. The predicted octanol–water partition coefficient (Wildman–Crippen LogP) is 0.199. The van der Waals surface area contributed by atoms with E-state index in [1.165, 1.54) is 0 Å². The normalized spacial score (nSPS) is 8.57. The standard InChI is InChI=1S/C4H12N2.Pt/c1-3-6(5)4-2;/h3-5H2,1-2H3;. The first-order valence-electron chi connectivity index (χ1n) is 2.30. The molecule has 0 aliphatic heterocycles. The molecule has 0 aromatic rings. The molecule has 0 aliphatic rings. The van der Waals surface area contributed by atoms with Crippen LogP contribution in [0.3, 0.4) is 0 Å². The van der Waals surface area contributed by atoms with E-state index in [1.54, 1.807) is 5.01 Å². The van der Waals surface area contributed by atoms with Crippen LogP contribution in [0.1, 0.15) is 13.8 Å². The Labute approximate surface area is 59.3 Å². The summed E-state index contributed by atoms with van der Waals surface area (Å²) < 4.78 is 0. The van der Waals surface area contributed by atoms with E-state index in [2.05, 4.69) is 0 Å². The molecule has 0 saturated carbocycles. The zero-order chi connectivity index (χ0) is 4.99. The third-order valence-electron chi connectivity index (χ3n) is 0.812. The molecule has 0 aliphatic carbocycles. The van der Waals surface area contributed by atoms with Crippen LogP contribution in [-0.2, 0) is 21.1 Å². The zero-order valence-corrected chi connectivity index (χ0v) is 7.03. The Morgan fingerprint density at radius 3 is 1.57 bits per heavy atom. The minimum Gasteiger partial charge on any atom is -0.269 e. The van der Waals surface area contributed by atoms with E-state index in [-0.39, 0.29) is 21.1 Å². The first-order chi connectivity index (χ1) is 2.81. The molecule has 0 heterocycles. The predicted molar refractivity (Wildman–Crippen MR) is 27.1 cm³/mol. The van der Waals surface area contributed by atoms with Crippen LogP contribution in [0, 0.1) is 0 Å². The summed E-state index contributed by atoms with van der Waals surface area (Å²) in [6.07, 6.45) is 0. The average Bonchev–Trinajstić information content (AvgIpc) is 1.65. The molecular formula is C4H12N2Pt. The average molecular weight is 283 g/mol. The number of hydrogen-bond acceptors (Lipinski definition) is 2. The molecule has 3 heteroatoms. The van der Waals surface area contributed by atoms with Gasteiger partial charge in [0.25, 0.3) is 0 Å². The quantitative estimate of drug-likeness (QED) is 0.579. The van der Waals surface area contributed by atoms with Gasteiger partial charge in [0.05, 0.1) is 0 Å². The summed E-state index contributed by atoms with van der Waals surface area (Å²) in [6.45, 7) is 5.94. The Balaban J connectivity index is 0. The molecule has 0 rings (SSSR count). The molecule has 0 aromatic heterocycles. The number of hydrogen-bond donors (Lipinski definition) is 1. The van der Waals surface area contributed by atoms with Crippen molar-refractivity contribution in [3.05, 3.63) is 0 Å². The smallest absolute Gasteiger partial charge is 0.00996 e. The van der Waals surface area contributed by atoms with Crippen LogP contribution < -0.4 is 5.84 Å². The van der Waals surface area contributed by atoms with Gasteiger partial charge in [-0.25, -0.2) is 5.01 Å². The van der Waals surface area contributed by atoms with Crippen LogP contribution >= 0.6 is 0 Å². The van der Waals surface area contributed by atoms with Crippen LogP contribution in [0.25, 0.3) is 0 Å². The summed E-state index contributed by atoms with van der Waals surface area (Å²) >= 11 is 0. The fourth-order valence-corrected chi connectivity index (χ4v) is 0.224. The molecule has 7 heavy (non-hydrogen) atoms. The van der Waals surface area contributed by atoms with E-state index in [0.717, 1.165) is 13.1 Å². The van der Waals surface area contributed by atoms with Gasteiger partial charge in [-0.1, -0.05) is 13.8 Å². The van der Waals surface area contributed by atoms with Crippen LogP contribution in [-0.4, -0.2) is 18.1 Å². The van der Waals surface area contributed by atoms with Crippen LogP contribution in [0.15, 0.2) is 0 Å². The second kappa shape index (κ2) is 6.61. The fraction of sp³-hybridized carbons (Fsp3) is 1.00.